The van der Waals surface area contributed by atoms with Crippen LogP contribution in [0.25, 0.3) is 27.9 Å². The van der Waals surface area contributed by atoms with E-state index in [0.717, 1.165) is 32.9 Å². The lowest BCUT2D eigenvalue weighted by Gasteiger charge is -2.11. The maximum atomic E-state index is 13.2. The van der Waals surface area contributed by atoms with E-state index in [-0.39, 0.29) is 17.5 Å². The Kier molecular flexibility index (Phi) is 6.18. The Morgan fingerprint density at radius 3 is 2.46 bits per heavy atom. The molecule has 5 aromatic rings. The lowest BCUT2D eigenvalue weighted by molar-refractivity contribution is -0.117. The van der Waals surface area contributed by atoms with E-state index in [9.17, 15) is 9.59 Å². The lowest BCUT2D eigenvalue weighted by Crippen LogP contribution is -2.35. The minimum absolute atomic E-state index is 0.203. The van der Waals surface area contributed by atoms with Gasteiger partial charge in [-0.1, -0.05) is 54.6 Å². The summed E-state index contributed by atoms with van der Waals surface area (Å²) in [6.45, 7) is 0.439. The maximum Gasteiger partial charge on any atom is 0.267 e. The van der Waals surface area contributed by atoms with Crippen LogP contribution in [0.5, 0.6) is 0 Å². The summed E-state index contributed by atoms with van der Waals surface area (Å²) in [5.74, 6) is -0.661. The molecule has 3 aromatic carbocycles. The number of fused-ring (bicyclic) bond motifs is 2. The number of hydrogen-bond donors (Lipinski definition) is 3. The highest BCUT2D eigenvalue weighted by Gasteiger charge is 2.16. The van der Waals surface area contributed by atoms with Crippen molar-refractivity contribution in [3.8, 4) is 0 Å². The van der Waals surface area contributed by atoms with E-state index in [0.29, 0.717) is 18.5 Å². The minimum Gasteiger partial charge on any atom is -0.361 e. The van der Waals surface area contributed by atoms with Crippen molar-refractivity contribution < 1.29 is 9.59 Å². The second kappa shape index (κ2) is 9.73. The summed E-state index contributed by atoms with van der Waals surface area (Å²) in [5.41, 5.74) is 4.80. The predicted octanol–water partition coefficient (Wildman–Crippen LogP) is 4.79. The molecular weight excluding hydrogens is 436 g/mol. The summed E-state index contributed by atoms with van der Waals surface area (Å²) in [5, 5.41) is 7.95. The third-order valence-corrected chi connectivity index (χ3v) is 6.11. The van der Waals surface area contributed by atoms with Crippen LogP contribution in [0.4, 0.5) is 0 Å². The van der Waals surface area contributed by atoms with Gasteiger partial charge in [0.15, 0.2) is 0 Å². The summed E-state index contributed by atoms with van der Waals surface area (Å²) in [7, 11) is 1.96. The van der Waals surface area contributed by atoms with Crippen molar-refractivity contribution in [2.75, 3.05) is 6.54 Å². The van der Waals surface area contributed by atoms with Crippen LogP contribution in [-0.2, 0) is 18.3 Å². The van der Waals surface area contributed by atoms with E-state index in [1.165, 1.54) is 0 Å². The second-order valence-corrected chi connectivity index (χ2v) is 8.46. The van der Waals surface area contributed by atoms with E-state index in [1.807, 2.05) is 72.5 Å². The van der Waals surface area contributed by atoms with E-state index in [2.05, 4.69) is 21.7 Å². The summed E-state index contributed by atoms with van der Waals surface area (Å²) >= 11 is 0. The van der Waals surface area contributed by atoms with Gasteiger partial charge in [0.05, 0.1) is 0 Å². The first-order valence-corrected chi connectivity index (χ1v) is 11.6. The predicted molar refractivity (Wildman–Crippen MR) is 140 cm³/mol. The number of rotatable bonds is 7. The molecule has 0 bridgehead atoms. The minimum atomic E-state index is -0.331. The van der Waals surface area contributed by atoms with Gasteiger partial charge in [-0.05, 0) is 42.3 Å². The summed E-state index contributed by atoms with van der Waals surface area (Å²) < 4.78 is 2.01. The van der Waals surface area contributed by atoms with Gasteiger partial charge in [-0.25, -0.2) is 0 Å². The van der Waals surface area contributed by atoms with Crippen molar-refractivity contribution in [2.45, 2.75) is 6.42 Å². The topological polar surface area (TPSA) is 78.9 Å². The van der Waals surface area contributed by atoms with Gasteiger partial charge in [-0.3, -0.25) is 9.59 Å². The van der Waals surface area contributed by atoms with E-state index >= 15 is 0 Å². The molecule has 2 amide bonds. The van der Waals surface area contributed by atoms with Crippen LogP contribution in [0.15, 0.2) is 97.0 Å². The van der Waals surface area contributed by atoms with Crippen molar-refractivity contribution in [1.29, 1.82) is 0 Å². The summed E-state index contributed by atoms with van der Waals surface area (Å²) in [6.07, 6.45) is 6.34. The van der Waals surface area contributed by atoms with Gasteiger partial charge >= 0.3 is 0 Å². The highest BCUT2D eigenvalue weighted by molar-refractivity contribution is 6.06. The van der Waals surface area contributed by atoms with E-state index in [4.69, 9.17) is 0 Å². The number of aromatic amines is 1. The van der Waals surface area contributed by atoms with Crippen molar-refractivity contribution in [3.05, 3.63) is 114 Å². The van der Waals surface area contributed by atoms with E-state index in [1.54, 1.807) is 30.3 Å². The molecule has 0 fully saturated rings. The van der Waals surface area contributed by atoms with Crippen molar-refractivity contribution in [1.82, 2.24) is 20.2 Å². The normalized spacial score (nSPS) is 11.6. The van der Waals surface area contributed by atoms with Gasteiger partial charge in [-0.15, -0.1) is 0 Å². The van der Waals surface area contributed by atoms with Crippen LogP contribution in [0.2, 0.25) is 0 Å². The molecule has 0 aliphatic carbocycles. The molecule has 6 heteroatoms. The molecule has 6 nitrogen and oxygen atoms in total. The number of H-pyrrole nitrogens is 1. The molecule has 0 unspecified atom stereocenters. The van der Waals surface area contributed by atoms with Gasteiger partial charge in [0.25, 0.3) is 11.8 Å². The van der Waals surface area contributed by atoms with Crippen LogP contribution in [-0.4, -0.2) is 27.9 Å². The Bertz CT molecular complexity index is 1540. The number of aromatic nitrogens is 2. The average Bonchev–Trinajstić information content (AvgIpc) is 3.45. The zero-order valence-electron chi connectivity index (χ0n) is 19.4. The molecule has 0 saturated carbocycles. The Balaban J connectivity index is 1.39. The first-order valence-electron chi connectivity index (χ1n) is 11.6. The molecule has 0 aliphatic heterocycles. The molecule has 0 aliphatic rings. The standard InChI is InChI=1S/C29H26N4O2/c1-33-19-22(24-12-6-8-14-27(24)33)17-26(32-28(34)20-9-3-2-4-10-20)29(35)30-16-15-21-18-31-25-13-7-5-11-23(21)25/h2-14,17-19,31H,15-16H2,1H3,(H,30,35)(H,32,34)/b26-17-. The Labute approximate surface area is 203 Å². The van der Waals surface area contributed by atoms with Crippen molar-refractivity contribution >= 4 is 39.7 Å². The Hall–Kier alpha value is -4.58. The second-order valence-electron chi connectivity index (χ2n) is 8.46. The molecule has 0 spiro atoms. The quantitative estimate of drug-likeness (QED) is 0.304. The maximum absolute atomic E-state index is 13.2. The van der Waals surface area contributed by atoms with Crippen molar-refractivity contribution in [3.63, 3.8) is 0 Å². The molecule has 5 rings (SSSR count). The number of aryl methyl sites for hydroxylation is 1. The fraction of sp³-hybridized carbons (Fsp3) is 0.103. The highest BCUT2D eigenvalue weighted by Crippen LogP contribution is 2.22. The van der Waals surface area contributed by atoms with Gasteiger partial charge < -0.3 is 20.2 Å². The first-order chi connectivity index (χ1) is 17.1. The van der Waals surface area contributed by atoms with Crippen LogP contribution in [0.3, 0.4) is 0 Å². The third kappa shape index (κ3) is 4.73. The molecule has 0 atom stereocenters. The average molecular weight is 463 g/mol. The summed E-state index contributed by atoms with van der Waals surface area (Å²) in [6, 6.07) is 24.9. The first kappa shape index (κ1) is 22.2. The monoisotopic (exact) mass is 462 g/mol. The summed E-state index contributed by atoms with van der Waals surface area (Å²) in [4.78, 5) is 29.4. The van der Waals surface area contributed by atoms with E-state index < -0.39 is 0 Å². The molecule has 0 radical (unpaired) electrons. The number of benzene rings is 3. The van der Waals surface area contributed by atoms with Crippen LogP contribution in [0, 0.1) is 0 Å². The fourth-order valence-corrected chi connectivity index (χ4v) is 4.33. The molecule has 3 N–H and O–H groups in total. The molecule has 2 aromatic heterocycles. The smallest absolute Gasteiger partial charge is 0.267 e. The SMILES string of the molecule is Cn1cc(/C=C(\NC(=O)c2ccccc2)C(=O)NCCc2c[nH]c3ccccc23)c2ccccc21. The number of nitrogens with one attached hydrogen (secondary N) is 3. The molecule has 35 heavy (non-hydrogen) atoms. The zero-order chi connectivity index (χ0) is 24.2. The van der Waals surface area contributed by atoms with Gasteiger partial charge in [0.2, 0.25) is 0 Å². The van der Waals surface area contributed by atoms with Gasteiger partial charge in [0.1, 0.15) is 5.70 Å². The highest BCUT2D eigenvalue weighted by atomic mass is 16.2. The van der Waals surface area contributed by atoms with Crippen LogP contribution in [0.1, 0.15) is 21.5 Å². The number of carbonyl (C=O) groups is 2. The van der Waals surface area contributed by atoms with Crippen LogP contribution < -0.4 is 10.6 Å². The third-order valence-electron chi connectivity index (χ3n) is 6.11. The van der Waals surface area contributed by atoms with Gasteiger partial charge in [0, 0.05) is 58.9 Å². The largest absolute Gasteiger partial charge is 0.361 e. The van der Waals surface area contributed by atoms with Gasteiger partial charge in [-0.2, -0.15) is 0 Å². The number of carbonyl (C=O) groups excluding carboxylic acids is 2. The lowest BCUT2D eigenvalue weighted by atomic mass is 10.1. The molecule has 0 saturated heterocycles. The molecule has 2 heterocycles. The fourth-order valence-electron chi connectivity index (χ4n) is 4.33. The number of nitrogens with zero attached hydrogens (tertiary/aromatic N) is 1. The number of hydrogen-bond acceptors (Lipinski definition) is 2. The Morgan fingerprint density at radius 1 is 0.914 bits per heavy atom. The zero-order valence-corrected chi connectivity index (χ0v) is 19.4. The molecule has 174 valence electrons. The molecular formula is C29H26N4O2. The number of para-hydroxylation sites is 2. The van der Waals surface area contributed by atoms with Crippen molar-refractivity contribution in [2.24, 2.45) is 7.05 Å². The van der Waals surface area contributed by atoms with Crippen LogP contribution >= 0.6 is 0 Å². The Morgan fingerprint density at radius 2 is 1.63 bits per heavy atom. The number of amides is 2.